The summed E-state index contributed by atoms with van der Waals surface area (Å²) in [5, 5.41) is 8.79. The van der Waals surface area contributed by atoms with E-state index >= 15 is 0 Å². The number of hydrogen-bond donors (Lipinski definition) is 1. The molecule has 2 rings (SSSR count). The van der Waals surface area contributed by atoms with Gasteiger partial charge in [-0.15, -0.1) is 0 Å². The Kier molecular flexibility index (Phi) is 2.17. The second-order valence-corrected chi connectivity index (χ2v) is 3.03. The molecule has 1 aromatic heterocycles. The third-order valence-electron chi connectivity index (χ3n) is 1.88. The molecule has 1 aliphatic heterocycles. The van der Waals surface area contributed by atoms with Crippen LogP contribution in [0.5, 0.6) is 5.75 Å². The van der Waals surface area contributed by atoms with Gasteiger partial charge in [0.05, 0.1) is 12.3 Å². The first kappa shape index (κ1) is 9.08. The molecule has 2 heterocycles. The summed E-state index contributed by atoms with van der Waals surface area (Å²) in [6, 6.07) is 1.20. The number of pyridine rings is 1. The average Bonchev–Trinajstić information content (AvgIpc) is 2.17. The average molecular weight is 196 g/mol. The minimum atomic E-state index is -0.569. The van der Waals surface area contributed by atoms with Gasteiger partial charge < -0.3 is 9.84 Å². The molecule has 4 nitrogen and oxygen atoms in total. The molecule has 1 N–H and O–H groups in total. The molecule has 0 bridgehead atoms. The number of aromatic nitrogens is 1. The molecule has 5 heteroatoms. The standard InChI is InChI=1S/C9H9FN2O2/c1-5-4-14-8-2-6(10)7(3-13)12-9(8)11-5/h2,13H,3-4H2,1H3. The van der Waals surface area contributed by atoms with Crippen LogP contribution in [0.1, 0.15) is 12.6 Å². The number of hydrogen-bond acceptors (Lipinski definition) is 4. The Balaban J connectivity index is 2.53. The van der Waals surface area contributed by atoms with Crippen LogP contribution in [-0.4, -0.2) is 22.4 Å². The second-order valence-electron chi connectivity index (χ2n) is 3.03. The zero-order chi connectivity index (χ0) is 10.1. The number of nitrogens with zero attached hydrogens (tertiary/aromatic N) is 2. The van der Waals surface area contributed by atoms with Gasteiger partial charge >= 0.3 is 0 Å². The van der Waals surface area contributed by atoms with Gasteiger partial charge in [-0.1, -0.05) is 0 Å². The lowest BCUT2D eigenvalue weighted by atomic mass is 10.3. The normalized spacial score (nSPS) is 14.4. The van der Waals surface area contributed by atoms with Crippen molar-refractivity contribution in [3.63, 3.8) is 0 Å². The van der Waals surface area contributed by atoms with E-state index in [0.717, 1.165) is 5.71 Å². The SMILES string of the molecule is CC1=Nc2nc(CO)c(F)cc2OC1. The van der Waals surface area contributed by atoms with Crippen molar-refractivity contribution in [2.75, 3.05) is 6.61 Å². The molecular weight excluding hydrogens is 187 g/mol. The van der Waals surface area contributed by atoms with Crippen LogP contribution in [0.15, 0.2) is 11.1 Å². The summed E-state index contributed by atoms with van der Waals surface area (Å²) >= 11 is 0. The molecule has 0 atom stereocenters. The van der Waals surface area contributed by atoms with Gasteiger partial charge in [-0.3, -0.25) is 0 Å². The Bertz CT molecular complexity index is 404. The molecule has 0 amide bonds. The minimum absolute atomic E-state index is 0.00852. The van der Waals surface area contributed by atoms with E-state index in [4.69, 9.17) is 9.84 Å². The van der Waals surface area contributed by atoms with Crippen molar-refractivity contribution in [2.45, 2.75) is 13.5 Å². The van der Waals surface area contributed by atoms with Gasteiger partial charge in [0.25, 0.3) is 0 Å². The molecule has 0 fully saturated rings. The first-order valence-corrected chi connectivity index (χ1v) is 4.18. The predicted octanol–water partition coefficient (Wildman–Crippen LogP) is 1.20. The summed E-state index contributed by atoms with van der Waals surface area (Å²) in [6.07, 6.45) is 0. The largest absolute Gasteiger partial charge is 0.484 e. The fourth-order valence-corrected chi connectivity index (χ4v) is 1.19. The zero-order valence-corrected chi connectivity index (χ0v) is 7.62. The highest BCUT2D eigenvalue weighted by molar-refractivity contribution is 5.87. The molecule has 0 aromatic carbocycles. The molecule has 1 aliphatic rings. The number of rotatable bonds is 1. The van der Waals surface area contributed by atoms with Crippen LogP contribution in [0.2, 0.25) is 0 Å². The number of halogens is 1. The van der Waals surface area contributed by atoms with Gasteiger partial charge in [0.1, 0.15) is 12.3 Å². The molecular formula is C9H9FN2O2. The highest BCUT2D eigenvalue weighted by Gasteiger charge is 2.15. The van der Waals surface area contributed by atoms with Crippen molar-refractivity contribution in [1.82, 2.24) is 4.98 Å². The van der Waals surface area contributed by atoms with Crippen LogP contribution in [0, 0.1) is 5.82 Å². The molecule has 74 valence electrons. The molecule has 0 saturated carbocycles. The van der Waals surface area contributed by atoms with Crippen molar-refractivity contribution in [2.24, 2.45) is 4.99 Å². The van der Waals surface area contributed by atoms with Crippen molar-refractivity contribution in [3.05, 3.63) is 17.6 Å². The summed E-state index contributed by atoms with van der Waals surface area (Å²) in [7, 11) is 0. The Morgan fingerprint density at radius 3 is 3.14 bits per heavy atom. The summed E-state index contributed by atoms with van der Waals surface area (Å²) in [5.41, 5.74) is 0.770. The maximum absolute atomic E-state index is 13.1. The van der Waals surface area contributed by atoms with E-state index in [-0.39, 0.29) is 5.69 Å². The molecule has 0 saturated heterocycles. The topological polar surface area (TPSA) is 54.7 Å². The smallest absolute Gasteiger partial charge is 0.195 e. The van der Waals surface area contributed by atoms with Crippen LogP contribution >= 0.6 is 0 Å². The van der Waals surface area contributed by atoms with Gasteiger partial charge in [-0.25, -0.2) is 14.4 Å². The third-order valence-corrected chi connectivity index (χ3v) is 1.88. The van der Waals surface area contributed by atoms with Crippen molar-refractivity contribution >= 4 is 11.5 Å². The lowest BCUT2D eigenvalue weighted by molar-refractivity contribution is 0.269. The van der Waals surface area contributed by atoms with E-state index in [9.17, 15) is 4.39 Å². The molecule has 0 radical (unpaired) electrons. The van der Waals surface area contributed by atoms with Crippen LogP contribution in [-0.2, 0) is 6.61 Å². The third kappa shape index (κ3) is 1.46. The van der Waals surface area contributed by atoms with Crippen LogP contribution in [0.3, 0.4) is 0 Å². The summed E-state index contributed by atoms with van der Waals surface area (Å²) < 4.78 is 18.3. The Morgan fingerprint density at radius 1 is 1.64 bits per heavy atom. The van der Waals surface area contributed by atoms with Crippen molar-refractivity contribution in [1.29, 1.82) is 0 Å². The lowest BCUT2D eigenvalue weighted by Gasteiger charge is -2.14. The monoisotopic (exact) mass is 196 g/mol. The van der Waals surface area contributed by atoms with E-state index in [0.29, 0.717) is 18.2 Å². The second kappa shape index (κ2) is 3.34. The maximum Gasteiger partial charge on any atom is 0.195 e. The lowest BCUT2D eigenvalue weighted by Crippen LogP contribution is -2.13. The number of aliphatic hydroxyl groups excluding tert-OH is 1. The van der Waals surface area contributed by atoms with Gasteiger partial charge in [0.2, 0.25) is 0 Å². The maximum atomic E-state index is 13.1. The molecule has 0 aliphatic carbocycles. The zero-order valence-electron chi connectivity index (χ0n) is 7.62. The van der Waals surface area contributed by atoms with E-state index in [2.05, 4.69) is 9.98 Å². The van der Waals surface area contributed by atoms with Crippen LogP contribution in [0.25, 0.3) is 0 Å². The van der Waals surface area contributed by atoms with Gasteiger partial charge in [0, 0.05) is 6.07 Å². The summed E-state index contributed by atoms with van der Waals surface area (Å²) in [5.74, 6) is 0.0884. The minimum Gasteiger partial charge on any atom is -0.484 e. The summed E-state index contributed by atoms with van der Waals surface area (Å²) in [6.45, 7) is 1.72. The number of fused-ring (bicyclic) bond motifs is 1. The molecule has 0 unspecified atom stereocenters. The quantitative estimate of drug-likeness (QED) is 0.734. The van der Waals surface area contributed by atoms with E-state index in [1.165, 1.54) is 6.07 Å². The number of aliphatic hydroxyl groups is 1. The predicted molar refractivity (Wildman–Crippen MR) is 48.4 cm³/mol. The van der Waals surface area contributed by atoms with Crippen molar-refractivity contribution < 1.29 is 14.2 Å². The van der Waals surface area contributed by atoms with Gasteiger partial charge in [-0.05, 0) is 6.92 Å². The Labute approximate surface area is 80.1 Å². The van der Waals surface area contributed by atoms with E-state index in [1.54, 1.807) is 6.92 Å². The van der Waals surface area contributed by atoms with Gasteiger partial charge in [-0.2, -0.15) is 0 Å². The molecule has 14 heavy (non-hydrogen) atoms. The molecule has 1 aromatic rings. The highest BCUT2D eigenvalue weighted by atomic mass is 19.1. The van der Waals surface area contributed by atoms with Gasteiger partial charge in [0.15, 0.2) is 17.4 Å². The first-order valence-electron chi connectivity index (χ1n) is 4.18. The van der Waals surface area contributed by atoms with Crippen LogP contribution < -0.4 is 4.74 Å². The molecule has 0 spiro atoms. The summed E-state index contributed by atoms with van der Waals surface area (Å²) in [4.78, 5) is 7.94. The van der Waals surface area contributed by atoms with E-state index in [1.807, 2.05) is 0 Å². The van der Waals surface area contributed by atoms with Crippen LogP contribution in [0.4, 0.5) is 10.2 Å². The fraction of sp³-hybridized carbons (Fsp3) is 0.333. The first-order chi connectivity index (χ1) is 6.70. The van der Waals surface area contributed by atoms with Crippen molar-refractivity contribution in [3.8, 4) is 5.75 Å². The fourth-order valence-electron chi connectivity index (χ4n) is 1.19. The van der Waals surface area contributed by atoms with E-state index < -0.39 is 12.4 Å². The number of aliphatic imine (C=N–C) groups is 1. The Morgan fingerprint density at radius 2 is 2.43 bits per heavy atom. The Hall–Kier alpha value is -1.49. The highest BCUT2D eigenvalue weighted by Crippen LogP contribution is 2.30. The number of ether oxygens (including phenoxy) is 1.